The van der Waals surface area contributed by atoms with Gasteiger partial charge in [-0.3, -0.25) is 4.79 Å². The van der Waals surface area contributed by atoms with Gasteiger partial charge in [-0.2, -0.15) is 0 Å². The van der Waals surface area contributed by atoms with E-state index in [4.69, 9.17) is 5.73 Å². The molecule has 1 aromatic carbocycles. The number of aromatic nitrogens is 1. The predicted octanol–water partition coefficient (Wildman–Crippen LogP) is 2.53. The number of fused-ring (bicyclic) bond motifs is 1. The minimum absolute atomic E-state index is 0.0190. The topological polar surface area (TPSA) is 58.9 Å². The number of hydrogen-bond donors (Lipinski definition) is 2. The summed E-state index contributed by atoms with van der Waals surface area (Å²) in [6.45, 7) is 6.83. The first-order valence-corrected chi connectivity index (χ1v) is 6.36. The summed E-state index contributed by atoms with van der Waals surface area (Å²) < 4.78 is 0. The van der Waals surface area contributed by atoms with E-state index in [0.717, 1.165) is 16.5 Å². The summed E-state index contributed by atoms with van der Waals surface area (Å²) in [4.78, 5) is 14.4. The Labute approximate surface area is 107 Å². The maximum Gasteiger partial charge on any atom is 0.251 e. The highest BCUT2D eigenvalue weighted by atomic mass is 16.1. The Kier molecular flexibility index (Phi) is 3.53. The maximum atomic E-state index is 11.5. The fourth-order valence-electron chi connectivity index (χ4n) is 2.36. The highest BCUT2D eigenvalue weighted by molar-refractivity contribution is 5.79. The molecule has 1 aromatic heterocycles. The summed E-state index contributed by atoms with van der Waals surface area (Å²) in [7, 11) is 0. The van der Waals surface area contributed by atoms with Crippen molar-refractivity contribution in [2.24, 2.45) is 11.7 Å². The lowest BCUT2D eigenvalue weighted by Crippen LogP contribution is -2.18. The van der Waals surface area contributed by atoms with E-state index in [1.165, 1.54) is 5.56 Å². The normalized spacial score (nSPS) is 13.2. The van der Waals surface area contributed by atoms with Gasteiger partial charge in [0.1, 0.15) is 0 Å². The van der Waals surface area contributed by atoms with E-state index in [1.54, 1.807) is 0 Å². The number of aromatic amines is 1. The van der Waals surface area contributed by atoms with E-state index in [0.29, 0.717) is 18.4 Å². The number of rotatable bonds is 3. The molecule has 2 rings (SSSR count). The quantitative estimate of drug-likeness (QED) is 0.871. The molecular weight excluding hydrogens is 224 g/mol. The zero-order chi connectivity index (χ0) is 13.3. The first-order valence-electron chi connectivity index (χ1n) is 6.36. The number of nitrogens with one attached hydrogen (secondary N) is 1. The molecule has 0 aliphatic rings. The van der Waals surface area contributed by atoms with Gasteiger partial charge in [0.25, 0.3) is 5.56 Å². The van der Waals surface area contributed by atoms with Crippen LogP contribution in [0.15, 0.2) is 29.1 Å². The van der Waals surface area contributed by atoms with Crippen molar-refractivity contribution in [3.63, 3.8) is 0 Å². The summed E-state index contributed by atoms with van der Waals surface area (Å²) in [5.74, 6) is 0.873. The van der Waals surface area contributed by atoms with Crippen LogP contribution < -0.4 is 11.3 Å². The molecule has 2 aromatic rings. The van der Waals surface area contributed by atoms with Crippen LogP contribution in [0.5, 0.6) is 0 Å². The van der Waals surface area contributed by atoms with E-state index >= 15 is 0 Å². The fraction of sp³-hybridized carbons (Fsp3) is 0.400. The molecule has 3 N–H and O–H groups in total. The zero-order valence-corrected chi connectivity index (χ0v) is 11.2. The number of nitrogens with two attached hydrogens (primary N) is 1. The van der Waals surface area contributed by atoms with Crippen LogP contribution in [0.3, 0.4) is 0 Å². The third-order valence-corrected chi connectivity index (χ3v) is 3.54. The Morgan fingerprint density at radius 2 is 2.00 bits per heavy atom. The van der Waals surface area contributed by atoms with Gasteiger partial charge >= 0.3 is 0 Å². The molecule has 0 aliphatic carbocycles. The molecule has 1 atom stereocenters. The Balaban J connectivity index is 2.56. The van der Waals surface area contributed by atoms with Crippen LogP contribution >= 0.6 is 0 Å². The predicted molar refractivity (Wildman–Crippen MR) is 75.9 cm³/mol. The lowest BCUT2D eigenvalue weighted by Gasteiger charge is -2.19. The average molecular weight is 244 g/mol. The van der Waals surface area contributed by atoms with Crippen molar-refractivity contribution < 1.29 is 0 Å². The molecule has 3 heteroatoms. The molecule has 96 valence electrons. The monoisotopic (exact) mass is 244 g/mol. The highest BCUT2D eigenvalue weighted by Gasteiger charge is 2.14. The number of H-pyrrole nitrogens is 1. The van der Waals surface area contributed by atoms with Gasteiger partial charge in [0.15, 0.2) is 0 Å². The molecule has 0 saturated heterocycles. The van der Waals surface area contributed by atoms with E-state index in [9.17, 15) is 4.79 Å². The summed E-state index contributed by atoms with van der Waals surface area (Å²) in [6.07, 6.45) is 0. The van der Waals surface area contributed by atoms with Crippen LogP contribution in [0.2, 0.25) is 0 Å². The minimum Gasteiger partial charge on any atom is -0.330 e. The molecule has 0 fully saturated rings. The Morgan fingerprint density at radius 1 is 1.28 bits per heavy atom. The molecule has 0 radical (unpaired) electrons. The third kappa shape index (κ3) is 2.31. The molecule has 18 heavy (non-hydrogen) atoms. The van der Waals surface area contributed by atoms with Gasteiger partial charge in [0.2, 0.25) is 0 Å². The molecule has 1 heterocycles. The van der Waals surface area contributed by atoms with E-state index < -0.39 is 0 Å². The van der Waals surface area contributed by atoms with Crippen molar-refractivity contribution in [2.75, 3.05) is 6.54 Å². The van der Waals surface area contributed by atoms with Crippen LogP contribution in [0.1, 0.15) is 30.9 Å². The van der Waals surface area contributed by atoms with Crippen molar-refractivity contribution >= 4 is 10.9 Å². The largest absolute Gasteiger partial charge is 0.330 e. The third-order valence-electron chi connectivity index (χ3n) is 3.54. The lowest BCUT2D eigenvalue weighted by molar-refractivity contribution is 0.507. The molecule has 0 aliphatic heterocycles. The second kappa shape index (κ2) is 4.94. The van der Waals surface area contributed by atoms with E-state index in [1.807, 2.05) is 19.1 Å². The number of aryl methyl sites for hydroxylation is 1. The van der Waals surface area contributed by atoms with Gasteiger partial charge in [-0.25, -0.2) is 0 Å². The molecule has 0 amide bonds. The average Bonchev–Trinajstić information content (AvgIpc) is 2.31. The second-order valence-electron chi connectivity index (χ2n) is 5.21. The molecule has 1 unspecified atom stereocenters. The molecular formula is C15H20N2O. The van der Waals surface area contributed by atoms with E-state index in [-0.39, 0.29) is 5.56 Å². The van der Waals surface area contributed by atoms with Crippen LogP contribution in [-0.4, -0.2) is 11.5 Å². The Hall–Kier alpha value is -1.61. The number of pyridine rings is 1. The zero-order valence-electron chi connectivity index (χ0n) is 11.2. The van der Waals surface area contributed by atoms with Gasteiger partial charge in [-0.15, -0.1) is 0 Å². The molecule has 0 bridgehead atoms. The number of benzene rings is 1. The fourth-order valence-corrected chi connectivity index (χ4v) is 2.36. The second-order valence-corrected chi connectivity index (χ2v) is 5.21. The van der Waals surface area contributed by atoms with Crippen molar-refractivity contribution in [1.29, 1.82) is 0 Å². The van der Waals surface area contributed by atoms with E-state index in [2.05, 4.69) is 31.0 Å². The standard InChI is InChI=1S/C15H20N2O/c1-9(2)13(8-16)11-4-5-14-12(7-11)6-10(3)15(18)17-14/h4-7,9,13H,8,16H2,1-3H3,(H,17,18). The van der Waals surface area contributed by atoms with Crippen LogP contribution in [0.25, 0.3) is 10.9 Å². The highest BCUT2D eigenvalue weighted by Crippen LogP contribution is 2.25. The summed E-state index contributed by atoms with van der Waals surface area (Å²) >= 11 is 0. The number of hydrogen-bond acceptors (Lipinski definition) is 2. The van der Waals surface area contributed by atoms with Crippen molar-refractivity contribution in [2.45, 2.75) is 26.7 Å². The summed E-state index contributed by atoms with van der Waals surface area (Å²) in [6, 6.07) is 8.10. The van der Waals surface area contributed by atoms with Gasteiger partial charge in [-0.05, 0) is 54.5 Å². The SMILES string of the molecule is Cc1cc2cc(C(CN)C(C)C)ccc2[nH]c1=O. The van der Waals surface area contributed by atoms with Crippen molar-refractivity contribution in [1.82, 2.24) is 4.98 Å². The Bertz CT molecular complexity index is 613. The van der Waals surface area contributed by atoms with Gasteiger partial charge < -0.3 is 10.7 Å². The first-order chi connectivity index (χ1) is 8.52. The molecule has 3 nitrogen and oxygen atoms in total. The Morgan fingerprint density at radius 3 is 2.61 bits per heavy atom. The maximum absolute atomic E-state index is 11.5. The van der Waals surface area contributed by atoms with Gasteiger partial charge in [0, 0.05) is 11.1 Å². The van der Waals surface area contributed by atoms with Crippen LogP contribution in [-0.2, 0) is 0 Å². The van der Waals surface area contributed by atoms with Gasteiger partial charge in [0.05, 0.1) is 0 Å². The minimum atomic E-state index is -0.0190. The van der Waals surface area contributed by atoms with Gasteiger partial charge in [-0.1, -0.05) is 19.9 Å². The van der Waals surface area contributed by atoms with Crippen molar-refractivity contribution in [3.05, 3.63) is 45.7 Å². The van der Waals surface area contributed by atoms with Crippen LogP contribution in [0.4, 0.5) is 0 Å². The summed E-state index contributed by atoms with van der Waals surface area (Å²) in [5.41, 5.74) is 8.70. The smallest absolute Gasteiger partial charge is 0.251 e. The lowest BCUT2D eigenvalue weighted by atomic mass is 9.88. The molecule has 0 spiro atoms. The van der Waals surface area contributed by atoms with Crippen LogP contribution in [0, 0.1) is 12.8 Å². The van der Waals surface area contributed by atoms with Crippen molar-refractivity contribution in [3.8, 4) is 0 Å². The first kappa shape index (κ1) is 12.8. The summed E-state index contributed by atoms with van der Waals surface area (Å²) in [5, 5.41) is 1.07. The molecule has 0 saturated carbocycles.